The normalized spacial score (nSPS) is 21.7. The number of nitrogens with zero attached hydrogens (tertiary/aromatic N) is 1. The van der Waals surface area contributed by atoms with Crippen molar-refractivity contribution in [1.82, 2.24) is 4.90 Å². The Morgan fingerprint density at radius 2 is 2.26 bits per heavy atom. The Balaban J connectivity index is 1.87. The van der Waals surface area contributed by atoms with Gasteiger partial charge in [-0.1, -0.05) is 11.6 Å². The molecule has 2 aromatic rings. The molecule has 6 nitrogen and oxygen atoms in total. The summed E-state index contributed by atoms with van der Waals surface area (Å²) in [6.45, 7) is 0.568. The second-order valence-corrected chi connectivity index (χ2v) is 6.12. The van der Waals surface area contributed by atoms with Crippen LogP contribution in [0.1, 0.15) is 17.0 Å². The lowest BCUT2D eigenvalue weighted by atomic mass is 9.94. The molecule has 0 saturated carbocycles. The number of β-amino-alcohol motifs (C(OH)–C–C–N with tert-alkyl or cyclic N) is 1. The maximum atomic E-state index is 12.6. The number of carbonyl (C=O) groups is 1. The second kappa shape index (κ2) is 6.39. The number of carbonyl (C=O) groups excluding carboxylic acids is 1. The number of aliphatic hydroxyl groups is 2. The molecule has 1 aromatic carbocycles. The molecule has 7 heteroatoms. The monoisotopic (exact) mass is 339 g/mol. The van der Waals surface area contributed by atoms with Gasteiger partial charge < -0.3 is 24.3 Å². The van der Waals surface area contributed by atoms with Gasteiger partial charge in [0, 0.05) is 42.1 Å². The summed E-state index contributed by atoms with van der Waals surface area (Å²) < 4.78 is 10.9. The third-order valence-electron chi connectivity index (χ3n) is 4.22. The average Bonchev–Trinajstić information content (AvgIpc) is 2.96. The number of furan rings is 1. The van der Waals surface area contributed by atoms with Crippen LogP contribution in [0, 0.1) is 5.92 Å². The van der Waals surface area contributed by atoms with Crippen molar-refractivity contribution in [3.63, 3.8) is 0 Å². The van der Waals surface area contributed by atoms with E-state index in [1.807, 2.05) is 0 Å². The van der Waals surface area contributed by atoms with Crippen LogP contribution < -0.4 is 4.74 Å². The van der Waals surface area contributed by atoms with Crippen LogP contribution >= 0.6 is 11.6 Å². The minimum Gasteiger partial charge on any atom is -0.493 e. The molecule has 1 aliphatic rings. The van der Waals surface area contributed by atoms with Gasteiger partial charge in [-0.3, -0.25) is 4.79 Å². The minimum atomic E-state index is -0.731. The fraction of sp³-hybridized carbons (Fsp3) is 0.438. The number of benzene rings is 1. The topological polar surface area (TPSA) is 83.1 Å². The molecule has 0 bridgehead atoms. The van der Waals surface area contributed by atoms with Gasteiger partial charge in [0.1, 0.15) is 0 Å². The number of methoxy groups -OCH3 is 1. The van der Waals surface area contributed by atoms with Crippen molar-refractivity contribution >= 4 is 28.5 Å². The third kappa shape index (κ3) is 3.02. The van der Waals surface area contributed by atoms with E-state index in [-0.39, 0.29) is 30.7 Å². The van der Waals surface area contributed by atoms with Crippen LogP contribution in [0.25, 0.3) is 11.0 Å². The highest BCUT2D eigenvalue weighted by atomic mass is 35.5. The lowest BCUT2D eigenvalue weighted by molar-refractivity contribution is -0.000152. The van der Waals surface area contributed by atoms with Crippen LogP contribution in [-0.2, 0) is 0 Å². The van der Waals surface area contributed by atoms with Crippen molar-refractivity contribution in [3.8, 4) is 5.75 Å². The highest BCUT2D eigenvalue weighted by molar-refractivity contribution is 6.31. The van der Waals surface area contributed by atoms with E-state index in [0.29, 0.717) is 34.7 Å². The Morgan fingerprint density at radius 1 is 1.48 bits per heavy atom. The molecule has 23 heavy (non-hydrogen) atoms. The van der Waals surface area contributed by atoms with Crippen LogP contribution in [0.5, 0.6) is 5.75 Å². The van der Waals surface area contributed by atoms with E-state index < -0.39 is 6.10 Å². The lowest BCUT2D eigenvalue weighted by Crippen LogP contribution is -2.47. The van der Waals surface area contributed by atoms with Crippen LogP contribution in [0.2, 0.25) is 5.02 Å². The van der Waals surface area contributed by atoms with Gasteiger partial charge in [0.2, 0.25) is 0 Å². The number of rotatable bonds is 3. The molecule has 1 aromatic heterocycles. The van der Waals surface area contributed by atoms with Crippen molar-refractivity contribution in [2.75, 3.05) is 26.8 Å². The van der Waals surface area contributed by atoms with Gasteiger partial charge >= 0.3 is 0 Å². The summed E-state index contributed by atoms with van der Waals surface area (Å²) in [5, 5.41) is 20.3. The molecule has 1 fully saturated rings. The van der Waals surface area contributed by atoms with E-state index in [1.54, 1.807) is 18.2 Å². The summed E-state index contributed by atoms with van der Waals surface area (Å²) in [7, 11) is 1.51. The van der Waals surface area contributed by atoms with Gasteiger partial charge in [-0.2, -0.15) is 0 Å². The number of piperidine rings is 1. The maximum absolute atomic E-state index is 12.6. The van der Waals surface area contributed by atoms with Gasteiger partial charge in [-0.05, 0) is 18.6 Å². The number of aliphatic hydroxyl groups excluding tert-OH is 2. The smallest absolute Gasteiger partial charge is 0.289 e. The van der Waals surface area contributed by atoms with Crippen molar-refractivity contribution in [2.24, 2.45) is 5.92 Å². The highest BCUT2D eigenvalue weighted by Crippen LogP contribution is 2.33. The first kappa shape index (κ1) is 16.1. The largest absolute Gasteiger partial charge is 0.493 e. The van der Waals surface area contributed by atoms with Crippen LogP contribution in [0.3, 0.4) is 0 Å². The SMILES string of the molecule is COc1cc(Cl)cc2cc(C(=O)N3CC[C@H](CO)[C@H](O)C3)oc12. The first-order valence-corrected chi connectivity index (χ1v) is 7.76. The maximum Gasteiger partial charge on any atom is 0.289 e. The minimum absolute atomic E-state index is 0.0798. The predicted octanol–water partition coefficient (Wildman–Crippen LogP) is 1.91. The summed E-state index contributed by atoms with van der Waals surface area (Å²) in [4.78, 5) is 14.1. The Labute approximate surface area is 138 Å². The number of likely N-dealkylation sites (tertiary alicyclic amines) is 1. The quantitative estimate of drug-likeness (QED) is 0.892. The molecule has 1 saturated heterocycles. The summed E-state index contributed by atoms with van der Waals surface area (Å²) in [5.41, 5.74) is 0.464. The fourth-order valence-electron chi connectivity index (χ4n) is 2.88. The average molecular weight is 340 g/mol. The highest BCUT2D eigenvalue weighted by Gasteiger charge is 2.31. The van der Waals surface area contributed by atoms with Gasteiger partial charge in [-0.25, -0.2) is 0 Å². The Kier molecular flexibility index (Phi) is 4.48. The van der Waals surface area contributed by atoms with Crippen molar-refractivity contribution < 1.29 is 24.2 Å². The number of amides is 1. The molecule has 0 aliphatic carbocycles. The number of ether oxygens (including phenoxy) is 1. The summed E-state index contributed by atoms with van der Waals surface area (Å²) >= 11 is 6.02. The fourth-order valence-corrected chi connectivity index (χ4v) is 3.09. The first-order chi connectivity index (χ1) is 11.0. The molecule has 1 amide bonds. The second-order valence-electron chi connectivity index (χ2n) is 5.69. The first-order valence-electron chi connectivity index (χ1n) is 7.38. The third-order valence-corrected chi connectivity index (χ3v) is 4.44. The van der Waals surface area contributed by atoms with E-state index in [0.717, 1.165) is 0 Å². The van der Waals surface area contributed by atoms with E-state index >= 15 is 0 Å². The Morgan fingerprint density at radius 3 is 2.91 bits per heavy atom. The lowest BCUT2D eigenvalue weighted by Gasteiger charge is -2.34. The van der Waals surface area contributed by atoms with Crippen LogP contribution in [0.15, 0.2) is 22.6 Å². The van der Waals surface area contributed by atoms with Crippen molar-refractivity contribution in [3.05, 3.63) is 29.0 Å². The number of fused-ring (bicyclic) bond motifs is 1. The van der Waals surface area contributed by atoms with Gasteiger partial charge in [0.15, 0.2) is 17.1 Å². The molecule has 0 unspecified atom stereocenters. The number of hydrogen-bond acceptors (Lipinski definition) is 5. The Bertz CT molecular complexity index is 729. The van der Waals surface area contributed by atoms with E-state index in [1.165, 1.54) is 12.0 Å². The molecular weight excluding hydrogens is 322 g/mol. The van der Waals surface area contributed by atoms with E-state index in [2.05, 4.69) is 0 Å². The van der Waals surface area contributed by atoms with Crippen LogP contribution in [0.4, 0.5) is 0 Å². The summed E-state index contributed by atoms with van der Waals surface area (Å²) in [6, 6.07) is 4.95. The molecule has 2 atom stereocenters. The molecule has 1 aliphatic heterocycles. The molecule has 0 radical (unpaired) electrons. The molecule has 0 spiro atoms. The van der Waals surface area contributed by atoms with Gasteiger partial charge in [-0.15, -0.1) is 0 Å². The van der Waals surface area contributed by atoms with Gasteiger partial charge in [0.25, 0.3) is 5.91 Å². The molecule has 124 valence electrons. The van der Waals surface area contributed by atoms with E-state index in [9.17, 15) is 15.0 Å². The molecule has 2 N–H and O–H groups in total. The summed E-state index contributed by atoms with van der Waals surface area (Å²) in [5.74, 6) is 0.157. The van der Waals surface area contributed by atoms with Gasteiger partial charge in [0.05, 0.1) is 13.2 Å². The Hall–Kier alpha value is -1.76. The predicted molar refractivity (Wildman–Crippen MR) is 84.9 cm³/mol. The summed E-state index contributed by atoms with van der Waals surface area (Å²) in [6.07, 6.45) is -0.176. The number of halogens is 1. The zero-order valence-electron chi connectivity index (χ0n) is 12.7. The zero-order chi connectivity index (χ0) is 16.6. The molecular formula is C16H18ClNO5. The zero-order valence-corrected chi connectivity index (χ0v) is 13.4. The number of hydrogen-bond donors (Lipinski definition) is 2. The van der Waals surface area contributed by atoms with Crippen molar-refractivity contribution in [1.29, 1.82) is 0 Å². The van der Waals surface area contributed by atoms with Crippen molar-refractivity contribution in [2.45, 2.75) is 12.5 Å². The molecule has 2 heterocycles. The standard InChI is InChI=1S/C16H18ClNO5/c1-22-13-6-11(17)4-10-5-14(23-15(10)13)16(21)18-3-2-9(8-19)12(20)7-18/h4-6,9,12,19-20H,2-3,7-8H2,1H3/t9-,12-/m1/s1. The van der Waals surface area contributed by atoms with Crippen LogP contribution in [-0.4, -0.2) is 53.9 Å². The molecule has 3 rings (SSSR count). The van der Waals surface area contributed by atoms with E-state index in [4.69, 9.17) is 20.8 Å².